The number of furan rings is 1. The maximum Gasteiger partial charge on any atom is 0.391 e. The highest BCUT2D eigenvalue weighted by molar-refractivity contribution is 7.79. The molecule has 0 radical (unpaired) electrons. The molecule has 0 atom stereocenters. The van der Waals surface area contributed by atoms with Crippen molar-refractivity contribution in [2.24, 2.45) is 0 Å². The van der Waals surface area contributed by atoms with E-state index < -0.39 is 15.5 Å². The van der Waals surface area contributed by atoms with Crippen LogP contribution in [0.15, 0.2) is 77.2 Å². The van der Waals surface area contributed by atoms with Crippen molar-refractivity contribution in [1.29, 1.82) is 0 Å². The predicted octanol–water partition coefficient (Wildman–Crippen LogP) is 1.84. The Balaban J connectivity index is 2.11. The highest BCUT2D eigenvalue weighted by Gasteiger charge is 2.26. The fraction of sp³-hybridized carbons (Fsp3) is 0. The van der Waals surface area contributed by atoms with E-state index in [9.17, 15) is 14.4 Å². The van der Waals surface area contributed by atoms with Crippen LogP contribution in [-0.4, -0.2) is 9.79 Å². The topological polar surface area (TPSA) is 70.7 Å². The van der Waals surface area contributed by atoms with Gasteiger partial charge in [-0.05, 0) is 22.7 Å². The summed E-state index contributed by atoms with van der Waals surface area (Å²) in [6.07, 6.45) is 0. The summed E-state index contributed by atoms with van der Waals surface area (Å²) in [5.41, 5.74) is 0.285. The lowest BCUT2D eigenvalue weighted by Gasteiger charge is -2.16. The smallest absolute Gasteiger partial charge is 0.391 e. The van der Waals surface area contributed by atoms with Crippen LogP contribution in [0, 0.1) is 0 Å². The van der Waals surface area contributed by atoms with Crippen LogP contribution >= 0.6 is 15.5 Å². The molecular weight excluding hydrogens is 318 g/mol. The maximum absolute atomic E-state index is 11.3. The molecule has 0 saturated heterocycles. The molecule has 2 N–H and O–H groups in total. The van der Waals surface area contributed by atoms with Crippen molar-refractivity contribution in [2.75, 3.05) is 0 Å². The van der Waals surface area contributed by atoms with E-state index in [1.807, 2.05) is 60.7 Å². The van der Waals surface area contributed by atoms with Gasteiger partial charge in [-0.25, -0.2) is 0 Å². The molecule has 112 valence electrons. The lowest BCUT2D eigenvalue weighted by Crippen LogP contribution is -2.20. The number of rotatable bonds is 4. The Bertz CT molecular complexity index is 754. The van der Waals surface area contributed by atoms with E-state index in [1.54, 1.807) is 6.07 Å². The Morgan fingerprint density at radius 1 is 0.773 bits per heavy atom. The van der Waals surface area contributed by atoms with Gasteiger partial charge in [-0.3, -0.25) is 4.57 Å². The second-order valence-corrected chi connectivity index (χ2v) is 8.34. The van der Waals surface area contributed by atoms with Gasteiger partial charge < -0.3 is 14.2 Å². The standard InChI is InChI=1S/C16H14O4P2/c17-22(18,19)16-12-11-15(20-16)21(13-7-3-1-4-8-13)14-9-5-2-6-10-14/h1-12H,(H2,17,18,19). The van der Waals surface area contributed by atoms with E-state index in [1.165, 1.54) is 6.07 Å². The van der Waals surface area contributed by atoms with Gasteiger partial charge in [-0.2, -0.15) is 0 Å². The maximum atomic E-state index is 11.3. The van der Waals surface area contributed by atoms with Crippen LogP contribution in [0.1, 0.15) is 0 Å². The van der Waals surface area contributed by atoms with Gasteiger partial charge in [-0.1, -0.05) is 60.7 Å². The fourth-order valence-corrected chi connectivity index (χ4v) is 4.87. The summed E-state index contributed by atoms with van der Waals surface area (Å²) < 4.78 is 16.8. The second kappa shape index (κ2) is 6.20. The molecule has 3 rings (SSSR count). The molecule has 2 aromatic carbocycles. The van der Waals surface area contributed by atoms with Gasteiger partial charge in [-0.15, -0.1) is 0 Å². The van der Waals surface area contributed by atoms with Gasteiger partial charge >= 0.3 is 7.60 Å². The second-order valence-electron chi connectivity index (χ2n) is 4.66. The van der Waals surface area contributed by atoms with Gasteiger partial charge in [0.2, 0.25) is 5.50 Å². The molecule has 0 bridgehead atoms. The van der Waals surface area contributed by atoms with Gasteiger partial charge in [0, 0.05) is 7.92 Å². The molecule has 0 spiro atoms. The lowest BCUT2D eigenvalue weighted by atomic mass is 10.4. The van der Waals surface area contributed by atoms with Gasteiger partial charge in [0.15, 0.2) is 0 Å². The lowest BCUT2D eigenvalue weighted by molar-refractivity contribution is 0.378. The molecule has 6 heteroatoms. The zero-order valence-electron chi connectivity index (χ0n) is 11.5. The molecule has 1 aromatic heterocycles. The van der Waals surface area contributed by atoms with Crippen molar-refractivity contribution in [2.45, 2.75) is 0 Å². The monoisotopic (exact) mass is 332 g/mol. The average molecular weight is 332 g/mol. The van der Waals surface area contributed by atoms with E-state index in [4.69, 9.17) is 4.42 Å². The largest absolute Gasteiger partial charge is 0.448 e. The molecule has 0 aliphatic rings. The minimum Gasteiger partial charge on any atom is -0.448 e. The first-order chi connectivity index (χ1) is 10.6. The quantitative estimate of drug-likeness (QED) is 0.715. The van der Waals surface area contributed by atoms with E-state index >= 15 is 0 Å². The minimum absolute atomic E-state index is 0.290. The molecule has 0 saturated carbocycles. The summed E-state index contributed by atoms with van der Waals surface area (Å²) in [5.74, 6) is 0. The highest BCUT2D eigenvalue weighted by atomic mass is 31.2. The summed E-state index contributed by atoms with van der Waals surface area (Å²) in [6.45, 7) is 0. The molecule has 0 unspecified atom stereocenters. The number of hydrogen-bond donors (Lipinski definition) is 2. The van der Waals surface area contributed by atoms with Crippen molar-refractivity contribution >= 4 is 37.1 Å². The van der Waals surface area contributed by atoms with Crippen LogP contribution in [0.2, 0.25) is 0 Å². The highest BCUT2D eigenvalue weighted by Crippen LogP contribution is 2.37. The SMILES string of the molecule is O=P(O)(O)c1ccc(P(c2ccccc2)c2ccccc2)o1. The number of benzene rings is 2. The van der Waals surface area contributed by atoms with Crippen LogP contribution in [0.25, 0.3) is 0 Å². The first-order valence-electron chi connectivity index (χ1n) is 6.62. The normalized spacial score (nSPS) is 11.8. The molecule has 3 aromatic rings. The Labute approximate surface area is 129 Å². The average Bonchev–Trinajstić information content (AvgIpc) is 2.99. The first kappa shape index (κ1) is 15.2. The van der Waals surface area contributed by atoms with Crippen LogP contribution in [0.5, 0.6) is 0 Å². The summed E-state index contributed by atoms with van der Waals surface area (Å²) in [5, 5.41) is 2.13. The van der Waals surface area contributed by atoms with Gasteiger partial charge in [0.1, 0.15) is 5.50 Å². The van der Waals surface area contributed by atoms with Gasteiger partial charge in [0.25, 0.3) is 0 Å². The third-order valence-electron chi connectivity index (χ3n) is 3.11. The summed E-state index contributed by atoms with van der Waals surface area (Å²) >= 11 is 0. The predicted molar refractivity (Wildman–Crippen MR) is 89.1 cm³/mol. The molecule has 0 aliphatic carbocycles. The third-order valence-corrected chi connectivity index (χ3v) is 6.24. The van der Waals surface area contributed by atoms with E-state index in [-0.39, 0.29) is 5.50 Å². The number of hydrogen-bond acceptors (Lipinski definition) is 2. The minimum atomic E-state index is -4.38. The summed E-state index contributed by atoms with van der Waals surface area (Å²) in [6, 6.07) is 22.7. The van der Waals surface area contributed by atoms with E-state index in [2.05, 4.69) is 0 Å². The van der Waals surface area contributed by atoms with Crippen molar-refractivity contribution in [3.63, 3.8) is 0 Å². The Morgan fingerprint density at radius 3 is 1.68 bits per heavy atom. The summed E-state index contributed by atoms with van der Waals surface area (Å²) in [7, 11) is -5.36. The van der Waals surface area contributed by atoms with Crippen LogP contribution in [-0.2, 0) is 4.57 Å². The molecule has 22 heavy (non-hydrogen) atoms. The van der Waals surface area contributed by atoms with Crippen molar-refractivity contribution in [1.82, 2.24) is 0 Å². The Hall–Kier alpha value is -1.70. The van der Waals surface area contributed by atoms with Crippen LogP contribution in [0.3, 0.4) is 0 Å². The molecule has 4 nitrogen and oxygen atoms in total. The zero-order chi connectivity index (χ0) is 15.6. The summed E-state index contributed by atoms with van der Waals surface area (Å²) in [4.78, 5) is 18.5. The van der Waals surface area contributed by atoms with Crippen molar-refractivity contribution < 1.29 is 18.8 Å². The van der Waals surface area contributed by atoms with Crippen molar-refractivity contribution in [3.8, 4) is 0 Å². The molecule has 0 fully saturated rings. The molecular formula is C16H14O4P2. The van der Waals surface area contributed by atoms with Crippen LogP contribution < -0.4 is 21.6 Å². The van der Waals surface area contributed by atoms with Gasteiger partial charge in [0.05, 0.1) is 0 Å². The molecule has 0 aliphatic heterocycles. The first-order valence-corrected chi connectivity index (χ1v) is 9.57. The molecule has 0 amide bonds. The van der Waals surface area contributed by atoms with Crippen molar-refractivity contribution in [3.05, 3.63) is 72.8 Å². The Kier molecular flexibility index (Phi) is 4.28. The zero-order valence-corrected chi connectivity index (χ0v) is 13.3. The van der Waals surface area contributed by atoms with E-state index in [0.717, 1.165) is 10.6 Å². The molecule has 1 heterocycles. The third kappa shape index (κ3) is 3.21. The Morgan fingerprint density at radius 2 is 1.27 bits per heavy atom. The van der Waals surface area contributed by atoms with Crippen LogP contribution in [0.4, 0.5) is 0 Å². The van der Waals surface area contributed by atoms with E-state index in [0.29, 0.717) is 5.50 Å². The fourth-order valence-electron chi connectivity index (χ4n) is 2.15.